The van der Waals surface area contributed by atoms with Crippen LogP contribution in [0, 0.1) is 11.6 Å². The third kappa shape index (κ3) is 6.06. The van der Waals surface area contributed by atoms with Crippen LogP contribution in [0.4, 0.5) is 8.78 Å². The molecule has 0 saturated carbocycles. The van der Waals surface area contributed by atoms with Gasteiger partial charge in [-0.15, -0.1) is 11.3 Å². The number of amides is 1. The van der Waals surface area contributed by atoms with Gasteiger partial charge in [-0.25, -0.2) is 8.78 Å². The zero-order valence-corrected chi connectivity index (χ0v) is 18.7. The van der Waals surface area contributed by atoms with Crippen molar-refractivity contribution in [1.82, 2.24) is 4.90 Å². The van der Waals surface area contributed by atoms with Crippen molar-refractivity contribution in [1.29, 1.82) is 0 Å². The van der Waals surface area contributed by atoms with Crippen molar-refractivity contribution in [3.8, 4) is 11.5 Å². The zero-order chi connectivity index (χ0) is 23.8. The normalized spacial score (nSPS) is 10.5. The van der Waals surface area contributed by atoms with E-state index < -0.39 is 11.6 Å². The minimum Gasteiger partial charge on any atom is -0.485 e. The average Bonchev–Trinajstić information content (AvgIpc) is 3.28. The Labute approximate surface area is 195 Å². The van der Waals surface area contributed by atoms with Gasteiger partial charge in [-0.1, -0.05) is 25.3 Å². The highest BCUT2D eigenvalue weighted by Gasteiger charge is 2.20. The van der Waals surface area contributed by atoms with Gasteiger partial charge in [-0.05, 0) is 46.8 Å². The molecule has 2 aromatic carbocycles. The Balaban J connectivity index is 1.79. The molecule has 2 N–H and O–H groups in total. The lowest BCUT2D eigenvalue weighted by atomic mass is 10.1. The summed E-state index contributed by atoms with van der Waals surface area (Å²) in [5.74, 6) is -0.778. The van der Waals surface area contributed by atoms with Crippen LogP contribution in [0.25, 0.3) is 6.08 Å². The Morgan fingerprint density at radius 3 is 2.64 bits per heavy atom. The maximum absolute atomic E-state index is 13.9. The van der Waals surface area contributed by atoms with E-state index >= 15 is 0 Å². The first-order valence-electron chi connectivity index (χ1n) is 10.1. The van der Waals surface area contributed by atoms with Gasteiger partial charge in [0.25, 0.3) is 5.91 Å². The summed E-state index contributed by atoms with van der Waals surface area (Å²) >= 11 is 1.35. The van der Waals surface area contributed by atoms with Crippen molar-refractivity contribution in [3.63, 3.8) is 0 Å². The van der Waals surface area contributed by atoms with E-state index in [4.69, 9.17) is 15.2 Å². The number of hydrogen-bond acceptors (Lipinski definition) is 5. The van der Waals surface area contributed by atoms with Gasteiger partial charge >= 0.3 is 0 Å². The number of nitrogens with zero attached hydrogens (tertiary/aromatic N) is 1. The quantitative estimate of drug-likeness (QED) is 0.383. The number of rotatable bonds is 11. The SMILES string of the molecule is C=COc1cc(CN(CCN)C(=O)c2sccc2C=C)ccc1OCc1ccc(F)cc1F. The van der Waals surface area contributed by atoms with E-state index in [1.807, 2.05) is 11.4 Å². The van der Waals surface area contributed by atoms with Gasteiger partial charge < -0.3 is 20.1 Å². The summed E-state index contributed by atoms with van der Waals surface area (Å²) in [7, 11) is 0. The molecule has 0 saturated heterocycles. The lowest BCUT2D eigenvalue weighted by Crippen LogP contribution is -2.34. The summed E-state index contributed by atoms with van der Waals surface area (Å²) in [5, 5.41) is 1.84. The van der Waals surface area contributed by atoms with E-state index in [2.05, 4.69) is 13.2 Å². The predicted molar refractivity (Wildman–Crippen MR) is 126 cm³/mol. The summed E-state index contributed by atoms with van der Waals surface area (Å²) in [5.41, 5.74) is 7.51. The lowest BCUT2D eigenvalue weighted by molar-refractivity contribution is 0.0753. The van der Waals surface area contributed by atoms with Gasteiger partial charge in [-0.3, -0.25) is 4.79 Å². The smallest absolute Gasteiger partial charge is 0.264 e. The van der Waals surface area contributed by atoms with Crippen LogP contribution in [0.2, 0.25) is 0 Å². The third-order valence-electron chi connectivity index (χ3n) is 4.79. The van der Waals surface area contributed by atoms with Crippen LogP contribution in [0.15, 0.2) is 67.3 Å². The molecule has 0 fully saturated rings. The molecule has 3 rings (SSSR count). The van der Waals surface area contributed by atoms with E-state index in [1.54, 1.807) is 29.2 Å². The van der Waals surface area contributed by atoms with Crippen LogP contribution < -0.4 is 15.2 Å². The molecule has 0 radical (unpaired) electrons. The van der Waals surface area contributed by atoms with Crippen molar-refractivity contribution in [3.05, 3.63) is 100 Å². The summed E-state index contributed by atoms with van der Waals surface area (Å²) in [6.07, 6.45) is 2.89. The molecule has 1 aromatic heterocycles. The second kappa shape index (κ2) is 11.4. The number of benzene rings is 2. The number of nitrogens with two attached hydrogens (primary N) is 1. The predicted octanol–water partition coefficient (Wildman–Crippen LogP) is 5.37. The molecule has 0 spiro atoms. The first-order chi connectivity index (χ1) is 16.0. The number of halogens is 2. The average molecular weight is 471 g/mol. The largest absolute Gasteiger partial charge is 0.485 e. The Kier molecular flexibility index (Phi) is 8.34. The van der Waals surface area contributed by atoms with Gasteiger partial charge in [0.15, 0.2) is 11.5 Å². The molecule has 1 amide bonds. The van der Waals surface area contributed by atoms with Crippen LogP contribution in [-0.2, 0) is 13.2 Å². The highest BCUT2D eigenvalue weighted by atomic mass is 32.1. The summed E-state index contributed by atoms with van der Waals surface area (Å²) in [6.45, 7) is 8.19. The maximum atomic E-state index is 13.9. The van der Waals surface area contributed by atoms with Crippen molar-refractivity contribution >= 4 is 23.3 Å². The molecule has 33 heavy (non-hydrogen) atoms. The fourth-order valence-electron chi connectivity index (χ4n) is 3.17. The molecule has 8 heteroatoms. The first-order valence-corrected chi connectivity index (χ1v) is 11.0. The second-order valence-corrected chi connectivity index (χ2v) is 7.93. The molecule has 0 atom stereocenters. The third-order valence-corrected chi connectivity index (χ3v) is 5.70. The van der Waals surface area contributed by atoms with Gasteiger partial charge in [0.1, 0.15) is 18.2 Å². The van der Waals surface area contributed by atoms with E-state index in [1.165, 1.54) is 29.7 Å². The molecular weight excluding hydrogens is 446 g/mol. The van der Waals surface area contributed by atoms with Crippen LogP contribution >= 0.6 is 11.3 Å². The fraction of sp³-hybridized carbons (Fsp3) is 0.160. The Bertz CT molecular complexity index is 1150. The Morgan fingerprint density at radius 2 is 1.94 bits per heavy atom. The molecular formula is C25H24F2N2O3S. The van der Waals surface area contributed by atoms with Crippen LogP contribution in [-0.4, -0.2) is 23.9 Å². The molecule has 172 valence electrons. The Morgan fingerprint density at radius 1 is 1.12 bits per heavy atom. The van der Waals surface area contributed by atoms with E-state index in [-0.39, 0.29) is 18.1 Å². The monoisotopic (exact) mass is 470 g/mol. The topological polar surface area (TPSA) is 64.8 Å². The fourth-order valence-corrected chi connectivity index (χ4v) is 4.04. The molecule has 1 heterocycles. The number of carbonyl (C=O) groups excluding carboxylic acids is 1. The number of hydrogen-bond donors (Lipinski definition) is 1. The number of carbonyl (C=O) groups is 1. The summed E-state index contributed by atoms with van der Waals surface area (Å²) in [4.78, 5) is 15.3. The van der Waals surface area contributed by atoms with Gasteiger partial charge in [0.2, 0.25) is 0 Å². The van der Waals surface area contributed by atoms with Gasteiger partial charge in [-0.2, -0.15) is 0 Å². The highest BCUT2D eigenvalue weighted by molar-refractivity contribution is 7.12. The minimum atomic E-state index is -0.693. The van der Waals surface area contributed by atoms with Crippen LogP contribution in [0.1, 0.15) is 26.4 Å². The Hall–Kier alpha value is -3.49. The zero-order valence-electron chi connectivity index (χ0n) is 17.9. The van der Waals surface area contributed by atoms with Gasteiger partial charge in [0, 0.05) is 31.3 Å². The van der Waals surface area contributed by atoms with Crippen molar-refractivity contribution < 1.29 is 23.0 Å². The standard InChI is InChI=1S/C25H24F2N2O3S/c1-3-18-9-12-33-24(18)25(30)29(11-10-28)15-17-5-8-22(23(13-17)31-4-2)32-16-19-6-7-20(26)14-21(19)27/h3-9,12-14H,1-2,10-11,15-16,28H2. The summed E-state index contributed by atoms with van der Waals surface area (Å²) in [6, 6.07) is 10.3. The molecule has 3 aromatic rings. The van der Waals surface area contributed by atoms with Crippen molar-refractivity contribution in [2.75, 3.05) is 13.1 Å². The van der Waals surface area contributed by atoms with E-state index in [0.717, 1.165) is 17.2 Å². The first kappa shape index (κ1) is 24.2. The summed E-state index contributed by atoms with van der Waals surface area (Å²) < 4.78 is 38.2. The number of ether oxygens (including phenoxy) is 2. The maximum Gasteiger partial charge on any atom is 0.264 e. The molecule has 0 aliphatic heterocycles. The molecule has 0 unspecified atom stereocenters. The van der Waals surface area contributed by atoms with Crippen LogP contribution in [0.3, 0.4) is 0 Å². The molecule has 0 bridgehead atoms. The molecule has 0 aliphatic rings. The van der Waals surface area contributed by atoms with Crippen LogP contribution in [0.5, 0.6) is 11.5 Å². The number of thiophene rings is 1. The lowest BCUT2D eigenvalue weighted by Gasteiger charge is -2.22. The second-order valence-electron chi connectivity index (χ2n) is 7.01. The van der Waals surface area contributed by atoms with Crippen molar-refractivity contribution in [2.24, 2.45) is 5.73 Å². The van der Waals surface area contributed by atoms with Gasteiger partial charge in [0.05, 0.1) is 11.1 Å². The minimum absolute atomic E-state index is 0.112. The highest BCUT2D eigenvalue weighted by Crippen LogP contribution is 2.31. The molecule has 0 aliphatic carbocycles. The van der Waals surface area contributed by atoms with E-state index in [0.29, 0.717) is 36.0 Å². The van der Waals surface area contributed by atoms with Crippen molar-refractivity contribution in [2.45, 2.75) is 13.2 Å². The van der Waals surface area contributed by atoms with E-state index in [9.17, 15) is 13.6 Å². The molecule has 5 nitrogen and oxygen atoms in total.